The topological polar surface area (TPSA) is 71.8 Å². The first-order valence-corrected chi connectivity index (χ1v) is 8.80. The normalized spacial score (nSPS) is 15.9. The summed E-state index contributed by atoms with van der Waals surface area (Å²) in [5.41, 5.74) is 1.54. The Labute approximate surface area is 158 Å². The molecule has 1 fully saturated rings. The number of benzene rings is 2. The van der Waals surface area contributed by atoms with Crippen LogP contribution >= 0.6 is 0 Å². The van der Waals surface area contributed by atoms with Crippen molar-refractivity contribution in [1.82, 2.24) is 4.90 Å². The van der Waals surface area contributed by atoms with Crippen LogP contribution in [-0.2, 0) is 4.79 Å². The van der Waals surface area contributed by atoms with Gasteiger partial charge in [-0.1, -0.05) is 12.1 Å². The third-order valence-electron chi connectivity index (χ3n) is 4.70. The highest BCUT2D eigenvalue weighted by molar-refractivity contribution is 5.78. The van der Waals surface area contributed by atoms with Crippen LogP contribution in [0, 0.1) is 11.3 Å². The van der Waals surface area contributed by atoms with Crippen molar-refractivity contribution >= 4 is 5.91 Å². The van der Waals surface area contributed by atoms with Gasteiger partial charge in [0.1, 0.15) is 5.75 Å². The minimum atomic E-state index is -0.0806. The molecule has 27 heavy (non-hydrogen) atoms. The maximum Gasteiger partial charge on any atom is 0.261 e. The number of hydrogen-bond donors (Lipinski definition) is 0. The summed E-state index contributed by atoms with van der Waals surface area (Å²) < 4.78 is 16.2. The third kappa shape index (κ3) is 4.14. The summed E-state index contributed by atoms with van der Waals surface area (Å²) in [4.78, 5) is 14.6. The van der Waals surface area contributed by atoms with Crippen molar-refractivity contribution < 1.29 is 19.0 Å². The van der Waals surface area contributed by atoms with E-state index in [-0.39, 0.29) is 18.6 Å². The molecule has 1 aliphatic rings. The molecule has 1 amide bonds. The summed E-state index contributed by atoms with van der Waals surface area (Å²) in [6, 6.07) is 14.8. The van der Waals surface area contributed by atoms with Gasteiger partial charge in [-0.3, -0.25) is 4.79 Å². The zero-order valence-electron chi connectivity index (χ0n) is 15.5. The molecule has 0 aromatic heterocycles. The number of nitriles is 1. The highest BCUT2D eigenvalue weighted by Crippen LogP contribution is 2.34. The number of rotatable bonds is 6. The Balaban J connectivity index is 1.69. The van der Waals surface area contributed by atoms with Gasteiger partial charge in [0.15, 0.2) is 18.1 Å². The van der Waals surface area contributed by atoms with Crippen LogP contribution in [-0.4, -0.2) is 38.2 Å². The second-order valence-corrected chi connectivity index (χ2v) is 6.29. The van der Waals surface area contributed by atoms with E-state index in [1.807, 2.05) is 29.2 Å². The van der Waals surface area contributed by atoms with E-state index >= 15 is 0 Å². The van der Waals surface area contributed by atoms with Gasteiger partial charge in [0.25, 0.3) is 5.91 Å². The molecule has 0 saturated carbocycles. The first-order chi connectivity index (χ1) is 13.2. The first-order valence-electron chi connectivity index (χ1n) is 8.80. The number of methoxy groups -OCH3 is 2. The van der Waals surface area contributed by atoms with Crippen LogP contribution in [0.3, 0.4) is 0 Å². The van der Waals surface area contributed by atoms with Crippen LogP contribution in [0.4, 0.5) is 0 Å². The summed E-state index contributed by atoms with van der Waals surface area (Å²) in [6.07, 6.45) is 1.87. The van der Waals surface area contributed by atoms with Crippen molar-refractivity contribution in [3.05, 3.63) is 53.6 Å². The zero-order chi connectivity index (χ0) is 19.2. The molecule has 140 valence electrons. The Morgan fingerprint density at radius 1 is 1.19 bits per heavy atom. The van der Waals surface area contributed by atoms with Gasteiger partial charge >= 0.3 is 0 Å². The summed E-state index contributed by atoms with van der Waals surface area (Å²) in [5, 5.41) is 8.97. The molecular formula is C21H22N2O4. The lowest BCUT2D eigenvalue weighted by molar-refractivity contribution is -0.134. The van der Waals surface area contributed by atoms with Crippen LogP contribution in [0.1, 0.15) is 30.0 Å². The lowest BCUT2D eigenvalue weighted by Crippen LogP contribution is -2.34. The fourth-order valence-electron chi connectivity index (χ4n) is 3.34. The maximum atomic E-state index is 12.8. The Bertz CT molecular complexity index is 860. The number of hydrogen-bond acceptors (Lipinski definition) is 5. The van der Waals surface area contributed by atoms with E-state index in [9.17, 15) is 4.79 Å². The molecule has 1 saturated heterocycles. The summed E-state index contributed by atoms with van der Waals surface area (Å²) in [6.45, 7) is 0.622. The molecule has 1 unspecified atom stereocenters. The monoisotopic (exact) mass is 366 g/mol. The Morgan fingerprint density at radius 3 is 2.78 bits per heavy atom. The molecule has 0 N–H and O–H groups in total. The van der Waals surface area contributed by atoms with E-state index in [1.54, 1.807) is 25.3 Å². The standard InChI is InChI=1S/C21H22N2O4/c1-25-17-6-3-5-16(12-17)18-7-4-10-23(18)21(24)14-27-19-9-8-15(13-22)11-20(19)26-2/h3,5-6,8-9,11-12,18H,4,7,10,14H2,1-2H3. The van der Waals surface area contributed by atoms with Crippen molar-refractivity contribution in [3.63, 3.8) is 0 Å². The molecular weight excluding hydrogens is 344 g/mol. The SMILES string of the molecule is COc1cccc(C2CCCN2C(=O)COc2ccc(C#N)cc2OC)c1. The quantitative estimate of drug-likeness (QED) is 0.784. The number of ether oxygens (including phenoxy) is 3. The largest absolute Gasteiger partial charge is 0.497 e. The molecule has 2 aromatic carbocycles. The number of likely N-dealkylation sites (tertiary alicyclic amines) is 1. The van der Waals surface area contributed by atoms with Crippen molar-refractivity contribution in [3.8, 4) is 23.3 Å². The van der Waals surface area contributed by atoms with Crippen LogP contribution in [0.15, 0.2) is 42.5 Å². The van der Waals surface area contributed by atoms with E-state index in [1.165, 1.54) is 7.11 Å². The second-order valence-electron chi connectivity index (χ2n) is 6.29. The molecule has 0 spiro atoms. The minimum absolute atomic E-state index is 0.0269. The van der Waals surface area contributed by atoms with E-state index in [4.69, 9.17) is 19.5 Å². The van der Waals surface area contributed by atoms with Crippen molar-refractivity contribution in [2.24, 2.45) is 0 Å². The van der Waals surface area contributed by atoms with Gasteiger partial charge in [0.05, 0.1) is 31.9 Å². The molecule has 0 aliphatic carbocycles. The fraction of sp³-hybridized carbons (Fsp3) is 0.333. The molecule has 2 aromatic rings. The van der Waals surface area contributed by atoms with E-state index in [0.29, 0.717) is 23.6 Å². The molecule has 6 nitrogen and oxygen atoms in total. The summed E-state index contributed by atoms with van der Waals surface area (Å²) >= 11 is 0. The van der Waals surface area contributed by atoms with Crippen LogP contribution in [0.5, 0.6) is 17.2 Å². The van der Waals surface area contributed by atoms with E-state index < -0.39 is 0 Å². The molecule has 3 rings (SSSR count). The molecule has 1 atom stereocenters. The van der Waals surface area contributed by atoms with E-state index in [2.05, 4.69) is 6.07 Å². The van der Waals surface area contributed by atoms with Crippen molar-refractivity contribution in [2.45, 2.75) is 18.9 Å². The zero-order valence-corrected chi connectivity index (χ0v) is 15.5. The maximum absolute atomic E-state index is 12.8. The first kappa shape index (κ1) is 18.6. The van der Waals surface area contributed by atoms with Crippen LogP contribution in [0.2, 0.25) is 0 Å². The Kier molecular flexibility index (Phi) is 5.82. The van der Waals surface area contributed by atoms with Crippen molar-refractivity contribution in [2.75, 3.05) is 27.4 Å². The number of carbonyl (C=O) groups is 1. The van der Waals surface area contributed by atoms with Gasteiger partial charge in [-0.05, 0) is 42.7 Å². The van der Waals surface area contributed by atoms with Crippen molar-refractivity contribution in [1.29, 1.82) is 5.26 Å². The molecule has 0 radical (unpaired) electrons. The average molecular weight is 366 g/mol. The molecule has 1 heterocycles. The van der Waals surface area contributed by atoms with E-state index in [0.717, 1.165) is 24.2 Å². The van der Waals surface area contributed by atoms with Gasteiger partial charge in [-0.15, -0.1) is 0 Å². The van der Waals surface area contributed by atoms with Gasteiger partial charge in [0.2, 0.25) is 0 Å². The highest BCUT2D eigenvalue weighted by Gasteiger charge is 2.30. The molecule has 0 bridgehead atoms. The molecule has 1 aliphatic heterocycles. The van der Waals surface area contributed by atoms with Crippen LogP contribution in [0.25, 0.3) is 0 Å². The Hall–Kier alpha value is -3.20. The number of amides is 1. The summed E-state index contributed by atoms with van der Waals surface area (Å²) in [5.74, 6) is 1.59. The summed E-state index contributed by atoms with van der Waals surface area (Å²) in [7, 11) is 3.14. The number of nitrogens with zero attached hydrogens (tertiary/aromatic N) is 2. The predicted molar refractivity (Wildman–Crippen MR) is 99.9 cm³/mol. The Morgan fingerprint density at radius 2 is 2.04 bits per heavy atom. The van der Waals surface area contributed by atoms with Crippen LogP contribution < -0.4 is 14.2 Å². The third-order valence-corrected chi connectivity index (χ3v) is 4.70. The van der Waals surface area contributed by atoms with Gasteiger partial charge in [-0.25, -0.2) is 0 Å². The lowest BCUT2D eigenvalue weighted by Gasteiger charge is -2.25. The van der Waals surface area contributed by atoms with Gasteiger partial charge in [0, 0.05) is 12.6 Å². The number of carbonyl (C=O) groups excluding carboxylic acids is 1. The molecule has 6 heteroatoms. The fourth-order valence-corrected chi connectivity index (χ4v) is 3.34. The minimum Gasteiger partial charge on any atom is -0.497 e. The average Bonchev–Trinajstić information content (AvgIpc) is 3.22. The predicted octanol–water partition coefficient (Wildman–Crippen LogP) is 3.32. The smallest absolute Gasteiger partial charge is 0.261 e. The lowest BCUT2D eigenvalue weighted by atomic mass is 10.0. The second kappa shape index (κ2) is 8.45. The van der Waals surface area contributed by atoms with Gasteiger partial charge < -0.3 is 19.1 Å². The van der Waals surface area contributed by atoms with Gasteiger partial charge in [-0.2, -0.15) is 5.26 Å². The highest BCUT2D eigenvalue weighted by atomic mass is 16.5.